The molecule has 1 aliphatic heterocycles. The number of thioether (sulfide) groups is 1. The molecule has 1 unspecified atom stereocenters. The Labute approximate surface area is 264 Å². The van der Waals surface area contributed by atoms with Crippen LogP contribution in [0.15, 0.2) is 70.7 Å². The van der Waals surface area contributed by atoms with Gasteiger partial charge in [0, 0.05) is 11.9 Å². The Kier molecular flexibility index (Phi) is 8.16. The second-order valence-corrected chi connectivity index (χ2v) is 12.0. The Morgan fingerprint density at radius 3 is 2.42 bits per heavy atom. The third-order valence-corrected chi connectivity index (χ3v) is 9.39. The molecule has 0 aliphatic carbocycles. The maximum atomic E-state index is 14.2. The van der Waals surface area contributed by atoms with Crippen molar-refractivity contribution in [2.45, 2.75) is 23.1 Å². The van der Waals surface area contributed by atoms with Gasteiger partial charge in [-0.25, -0.2) is 9.37 Å². The average Bonchev–Trinajstić information content (AvgIpc) is 3.72. The predicted octanol–water partition coefficient (Wildman–Crippen LogP) is 5.58. The molecular formula is C31H26FN5O6S2. The van der Waals surface area contributed by atoms with Crippen LogP contribution in [-0.2, 0) is 15.3 Å². The van der Waals surface area contributed by atoms with Crippen LogP contribution in [0.2, 0.25) is 0 Å². The lowest BCUT2D eigenvalue weighted by Crippen LogP contribution is -2.29. The molecule has 11 nitrogen and oxygen atoms in total. The summed E-state index contributed by atoms with van der Waals surface area (Å²) in [5.74, 6) is -1.44. The van der Waals surface area contributed by atoms with E-state index in [9.17, 15) is 19.1 Å². The fourth-order valence-electron chi connectivity index (χ4n) is 5.24. The van der Waals surface area contributed by atoms with E-state index in [4.69, 9.17) is 14.2 Å². The van der Waals surface area contributed by atoms with Crippen LogP contribution < -0.4 is 19.1 Å². The molecule has 1 aliphatic rings. The third kappa shape index (κ3) is 5.25. The van der Waals surface area contributed by atoms with Gasteiger partial charge in [0.2, 0.25) is 10.9 Å². The molecule has 6 rings (SSSR count). The van der Waals surface area contributed by atoms with Gasteiger partial charge in [0.05, 0.1) is 38.6 Å². The maximum absolute atomic E-state index is 14.2. The number of aromatic nitrogens is 4. The zero-order chi connectivity index (χ0) is 31.8. The van der Waals surface area contributed by atoms with Gasteiger partial charge in [0.1, 0.15) is 17.2 Å². The van der Waals surface area contributed by atoms with Crippen LogP contribution in [0.5, 0.6) is 17.2 Å². The van der Waals surface area contributed by atoms with Crippen LogP contribution in [0, 0.1) is 12.7 Å². The van der Waals surface area contributed by atoms with E-state index in [1.807, 2.05) is 0 Å². The average molecular weight is 648 g/mol. The summed E-state index contributed by atoms with van der Waals surface area (Å²) in [6.45, 7) is 1.70. The summed E-state index contributed by atoms with van der Waals surface area (Å²) in [6, 6.07) is 13.8. The molecule has 1 fully saturated rings. The van der Waals surface area contributed by atoms with Gasteiger partial charge in [-0.2, -0.15) is 0 Å². The number of pyridine rings is 1. The quantitative estimate of drug-likeness (QED) is 0.0712. The van der Waals surface area contributed by atoms with Crippen molar-refractivity contribution < 1.29 is 33.3 Å². The molecule has 4 heterocycles. The third-order valence-electron chi connectivity index (χ3n) is 7.29. The van der Waals surface area contributed by atoms with Gasteiger partial charge in [-0.3, -0.25) is 18.9 Å². The fourth-order valence-corrected chi connectivity index (χ4v) is 7.10. The summed E-state index contributed by atoms with van der Waals surface area (Å²) < 4.78 is 32.9. The van der Waals surface area contributed by atoms with Crippen molar-refractivity contribution in [2.75, 3.05) is 26.2 Å². The van der Waals surface area contributed by atoms with Crippen LogP contribution in [0.4, 0.5) is 9.52 Å². The molecule has 45 heavy (non-hydrogen) atoms. The summed E-state index contributed by atoms with van der Waals surface area (Å²) in [7, 11) is 4.36. The largest absolute Gasteiger partial charge is 0.505 e. The number of ether oxygens (including phenoxy) is 3. The van der Waals surface area contributed by atoms with E-state index in [2.05, 4.69) is 15.2 Å². The molecule has 2 aromatic carbocycles. The van der Waals surface area contributed by atoms with Crippen LogP contribution >= 0.6 is 23.1 Å². The van der Waals surface area contributed by atoms with Gasteiger partial charge in [0.25, 0.3) is 5.78 Å². The molecule has 1 saturated heterocycles. The standard InChI is InChI=1S/C31H26FN5O6S2/c1-16-24(36-12-8-7-11-22(36)33-16)26(38)23-25(18-13-20(41-2)28(43-4)21(14-18)42-3)37(29(40)27(23)39)30-34-35-31(45-30)44-15-17-9-5-6-10-19(17)32/h5-14,25,38H,15H2,1-4H3/b26-23+. The maximum Gasteiger partial charge on any atom is 0.301 e. The van der Waals surface area contributed by atoms with E-state index in [1.165, 1.54) is 44.1 Å². The number of carbonyl (C=O) groups is 2. The lowest BCUT2D eigenvalue weighted by atomic mass is 9.95. The molecule has 1 amide bonds. The number of aliphatic hydroxyl groups is 1. The first-order chi connectivity index (χ1) is 21.8. The minimum Gasteiger partial charge on any atom is -0.505 e. The smallest absolute Gasteiger partial charge is 0.301 e. The second-order valence-electron chi connectivity index (χ2n) is 9.83. The lowest BCUT2D eigenvalue weighted by molar-refractivity contribution is -0.132. The number of hydrogen-bond donors (Lipinski definition) is 1. The van der Waals surface area contributed by atoms with E-state index in [1.54, 1.807) is 66.1 Å². The number of aliphatic hydroxyl groups excluding tert-OH is 1. The number of imidazole rings is 1. The highest BCUT2D eigenvalue weighted by molar-refractivity contribution is 8.00. The van der Waals surface area contributed by atoms with Gasteiger partial charge in [-0.1, -0.05) is 47.4 Å². The summed E-state index contributed by atoms with van der Waals surface area (Å²) >= 11 is 2.31. The molecule has 0 radical (unpaired) electrons. The summed E-state index contributed by atoms with van der Waals surface area (Å²) in [5, 5.41) is 20.4. The minimum absolute atomic E-state index is 0.112. The number of nitrogens with zero attached hydrogens (tertiary/aromatic N) is 5. The van der Waals surface area contributed by atoms with Crippen molar-refractivity contribution in [3.05, 3.63) is 94.7 Å². The minimum atomic E-state index is -1.16. The molecule has 5 aromatic rings. The SMILES string of the molecule is COc1cc(C2/C(=C(\O)c3c(C)nc4ccccn34)C(=O)C(=O)N2c2nnc(SCc3ccccc3F)s2)cc(OC)c1OC. The van der Waals surface area contributed by atoms with Crippen LogP contribution in [0.1, 0.15) is 28.6 Å². The van der Waals surface area contributed by atoms with E-state index in [0.29, 0.717) is 32.6 Å². The Balaban J connectivity index is 1.51. The number of fused-ring (bicyclic) bond motifs is 1. The number of carbonyl (C=O) groups excluding carboxylic acids is 2. The lowest BCUT2D eigenvalue weighted by Gasteiger charge is -2.24. The molecule has 1 N–H and O–H groups in total. The fraction of sp³-hybridized carbons (Fsp3) is 0.194. The van der Waals surface area contributed by atoms with Crippen LogP contribution in [0.25, 0.3) is 11.4 Å². The van der Waals surface area contributed by atoms with Gasteiger partial charge >= 0.3 is 5.91 Å². The highest BCUT2D eigenvalue weighted by atomic mass is 32.2. The zero-order valence-corrected chi connectivity index (χ0v) is 26.1. The van der Waals surface area contributed by atoms with Crippen LogP contribution in [-0.4, -0.2) is 57.7 Å². The van der Waals surface area contributed by atoms with E-state index >= 15 is 0 Å². The van der Waals surface area contributed by atoms with E-state index in [-0.39, 0.29) is 39.5 Å². The first-order valence-corrected chi connectivity index (χ1v) is 15.3. The molecule has 230 valence electrons. The normalized spacial score (nSPS) is 16.0. The number of methoxy groups -OCH3 is 3. The summed E-state index contributed by atoms with van der Waals surface area (Å²) in [6.07, 6.45) is 1.71. The number of halogens is 1. The Bertz CT molecular complexity index is 1970. The number of amides is 1. The van der Waals surface area contributed by atoms with Crippen molar-refractivity contribution >= 4 is 51.3 Å². The number of Topliss-reactive ketones (excluding diaryl/α,β-unsaturated/α-hetero) is 1. The zero-order valence-electron chi connectivity index (χ0n) is 24.5. The monoisotopic (exact) mass is 647 g/mol. The Morgan fingerprint density at radius 2 is 1.73 bits per heavy atom. The van der Waals surface area contributed by atoms with E-state index < -0.39 is 23.5 Å². The van der Waals surface area contributed by atoms with Gasteiger partial charge in [-0.15, -0.1) is 10.2 Å². The van der Waals surface area contributed by atoms with Gasteiger partial charge < -0.3 is 19.3 Å². The number of benzene rings is 2. The predicted molar refractivity (Wildman–Crippen MR) is 167 cm³/mol. The van der Waals surface area contributed by atoms with Crippen molar-refractivity contribution in [2.24, 2.45) is 0 Å². The number of rotatable bonds is 9. The van der Waals surface area contributed by atoms with Crippen molar-refractivity contribution in [3.63, 3.8) is 0 Å². The second kappa shape index (κ2) is 12.2. The van der Waals surface area contributed by atoms with E-state index in [0.717, 1.165) is 11.3 Å². The summed E-state index contributed by atoms with van der Waals surface area (Å²) in [4.78, 5) is 33.3. The first-order valence-electron chi connectivity index (χ1n) is 13.5. The molecule has 1 atom stereocenters. The topological polar surface area (TPSA) is 128 Å². The van der Waals surface area contributed by atoms with Gasteiger partial charge in [-0.05, 0) is 48.4 Å². The molecular weight excluding hydrogens is 622 g/mol. The first kappa shape index (κ1) is 30.1. The number of anilines is 1. The Hall–Kier alpha value is -4.95. The molecule has 3 aromatic heterocycles. The summed E-state index contributed by atoms with van der Waals surface area (Å²) in [5.41, 5.74) is 1.96. The highest BCUT2D eigenvalue weighted by Crippen LogP contribution is 2.48. The molecule has 0 saturated carbocycles. The van der Waals surface area contributed by atoms with Crippen molar-refractivity contribution in [1.82, 2.24) is 19.6 Å². The Morgan fingerprint density at radius 1 is 1.02 bits per heavy atom. The van der Waals surface area contributed by atoms with Crippen LogP contribution in [0.3, 0.4) is 0 Å². The van der Waals surface area contributed by atoms with Crippen molar-refractivity contribution in [1.29, 1.82) is 0 Å². The number of aryl methyl sites for hydroxylation is 1. The number of ketones is 1. The molecule has 14 heteroatoms. The molecule has 0 spiro atoms. The van der Waals surface area contributed by atoms with Gasteiger partial charge in [0.15, 0.2) is 21.6 Å². The van der Waals surface area contributed by atoms with Crippen molar-refractivity contribution in [3.8, 4) is 17.2 Å². The molecule has 0 bridgehead atoms. The highest BCUT2D eigenvalue weighted by Gasteiger charge is 2.49. The number of hydrogen-bond acceptors (Lipinski definition) is 11.